The fourth-order valence-corrected chi connectivity index (χ4v) is 3.40. The van der Waals surface area contributed by atoms with Crippen molar-refractivity contribution in [2.24, 2.45) is 4.99 Å². The first-order valence-electron chi connectivity index (χ1n) is 10.7. The van der Waals surface area contributed by atoms with Crippen molar-refractivity contribution < 1.29 is 9.53 Å². The van der Waals surface area contributed by atoms with E-state index in [1.807, 2.05) is 29.8 Å². The van der Waals surface area contributed by atoms with Crippen LogP contribution < -0.4 is 10.6 Å². The van der Waals surface area contributed by atoms with Gasteiger partial charge in [-0.05, 0) is 25.5 Å². The second kappa shape index (κ2) is 11.4. The zero-order valence-electron chi connectivity index (χ0n) is 18.5. The molecule has 1 aliphatic heterocycles. The Kier molecular flexibility index (Phi) is 8.34. The Morgan fingerprint density at radius 2 is 2.29 bits per heavy atom. The summed E-state index contributed by atoms with van der Waals surface area (Å²) < 4.78 is 7.05. The Bertz CT molecular complexity index is 868. The van der Waals surface area contributed by atoms with E-state index in [1.165, 1.54) is 0 Å². The zero-order chi connectivity index (χ0) is 22.1. The van der Waals surface area contributed by atoms with Gasteiger partial charge in [0.2, 0.25) is 5.91 Å². The molecule has 3 heterocycles. The molecule has 1 aliphatic rings. The molecule has 0 aromatic carbocycles. The number of guanidine groups is 1. The van der Waals surface area contributed by atoms with Crippen LogP contribution in [-0.4, -0.2) is 76.3 Å². The van der Waals surface area contributed by atoms with Crippen molar-refractivity contribution >= 4 is 11.9 Å². The third-order valence-electron chi connectivity index (χ3n) is 5.09. The normalized spacial score (nSPS) is 16.0. The summed E-state index contributed by atoms with van der Waals surface area (Å²) in [7, 11) is 3.44. The third kappa shape index (κ3) is 6.74. The van der Waals surface area contributed by atoms with Crippen LogP contribution in [0.4, 0.5) is 0 Å². The number of aromatic nitrogens is 4. The van der Waals surface area contributed by atoms with Crippen LogP contribution in [-0.2, 0) is 35.5 Å². The molecular weight excluding hydrogens is 396 g/mol. The van der Waals surface area contributed by atoms with E-state index in [9.17, 15) is 4.79 Å². The van der Waals surface area contributed by atoms with E-state index in [1.54, 1.807) is 25.3 Å². The molecule has 168 valence electrons. The van der Waals surface area contributed by atoms with Gasteiger partial charge >= 0.3 is 0 Å². The van der Waals surface area contributed by atoms with E-state index in [0.29, 0.717) is 31.5 Å². The van der Waals surface area contributed by atoms with Crippen molar-refractivity contribution in [2.75, 3.05) is 33.8 Å². The first kappa shape index (κ1) is 22.7. The molecule has 0 spiro atoms. The average molecular weight is 429 g/mol. The molecule has 2 aromatic heterocycles. The number of rotatable bonds is 9. The number of aryl methyl sites for hydroxylation is 1. The maximum atomic E-state index is 12.5. The van der Waals surface area contributed by atoms with Crippen LogP contribution in [0.25, 0.3) is 0 Å². The van der Waals surface area contributed by atoms with Crippen LogP contribution in [0.15, 0.2) is 29.4 Å². The lowest BCUT2D eigenvalue weighted by molar-refractivity contribution is -0.128. The number of carbonyl (C=O) groups excluding carboxylic acids is 1. The fourth-order valence-electron chi connectivity index (χ4n) is 3.40. The predicted molar refractivity (Wildman–Crippen MR) is 118 cm³/mol. The minimum atomic E-state index is -0.0282. The van der Waals surface area contributed by atoms with Gasteiger partial charge in [0.1, 0.15) is 19.0 Å². The summed E-state index contributed by atoms with van der Waals surface area (Å²) >= 11 is 0. The Morgan fingerprint density at radius 3 is 3.03 bits per heavy atom. The van der Waals surface area contributed by atoms with Gasteiger partial charge in [0, 0.05) is 58.0 Å². The Balaban J connectivity index is 1.51. The minimum absolute atomic E-state index is 0.0282. The van der Waals surface area contributed by atoms with E-state index in [-0.39, 0.29) is 18.5 Å². The Hall–Kier alpha value is -3.01. The standard InChI is InChI=1S/C21H32N8O2/c1-4-22-21(24-13-20(30)28(2)12-10-16-7-5-6-11-23-16)25-17-8-9-19-26-18(15-31-3)27-29(19)14-17/h5-7,11,17H,4,8-10,12-15H2,1-3H3,(H2,22,24,25). The van der Waals surface area contributed by atoms with E-state index in [4.69, 9.17) is 4.74 Å². The van der Waals surface area contributed by atoms with Gasteiger partial charge in [0.25, 0.3) is 0 Å². The number of hydrogen-bond acceptors (Lipinski definition) is 6. The SMILES string of the molecule is CCNC(=NCC(=O)N(C)CCc1ccccn1)NC1CCc2nc(COC)nn2C1. The third-order valence-corrected chi connectivity index (χ3v) is 5.09. The first-order chi connectivity index (χ1) is 15.1. The van der Waals surface area contributed by atoms with Crippen LogP contribution in [0, 0.1) is 0 Å². The van der Waals surface area contributed by atoms with Gasteiger partial charge in [-0.3, -0.25) is 9.78 Å². The summed E-state index contributed by atoms with van der Waals surface area (Å²) in [4.78, 5) is 27.5. The number of fused-ring (bicyclic) bond motifs is 1. The maximum absolute atomic E-state index is 12.5. The highest BCUT2D eigenvalue weighted by Gasteiger charge is 2.22. The molecule has 10 heteroatoms. The quantitative estimate of drug-likeness (QED) is 0.439. The molecule has 2 aromatic rings. The predicted octanol–water partition coefficient (Wildman–Crippen LogP) is 0.391. The lowest BCUT2D eigenvalue weighted by atomic mass is 10.1. The van der Waals surface area contributed by atoms with E-state index in [2.05, 4.69) is 30.7 Å². The number of nitrogens with one attached hydrogen (secondary N) is 2. The van der Waals surface area contributed by atoms with Crippen molar-refractivity contribution in [3.8, 4) is 0 Å². The van der Waals surface area contributed by atoms with Gasteiger partial charge in [-0.2, -0.15) is 5.10 Å². The molecule has 0 radical (unpaired) electrons. The molecule has 0 saturated heterocycles. The van der Waals surface area contributed by atoms with Crippen LogP contribution in [0.3, 0.4) is 0 Å². The fraction of sp³-hybridized carbons (Fsp3) is 0.571. The zero-order valence-corrected chi connectivity index (χ0v) is 18.5. The topological polar surface area (TPSA) is 110 Å². The highest BCUT2D eigenvalue weighted by Crippen LogP contribution is 2.13. The number of pyridine rings is 1. The second-order valence-electron chi connectivity index (χ2n) is 7.52. The van der Waals surface area contributed by atoms with Crippen LogP contribution in [0.1, 0.15) is 30.7 Å². The van der Waals surface area contributed by atoms with Crippen molar-refractivity contribution in [2.45, 2.75) is 45.4 Å². The Labute approximate surface area is 183 Å². The summed E-state index contributed by atoms with van der Waals surface area (Å²) in [6.07, 6.45) is 4.25. The monoisotopic (exact) mass is 428 g/mol. The minimum Gasteiger partial charge on any atom is -0.377 e. The molecule has 1 unspecified atom stereocenters. The summed E-state index contributed by atoms with van der Waals surface area (Å²) in [5, 5.41) is 11.2. The molecule has 0 fully saturated rings. The number of carbonyl (C=O) groups is 1. The van der Waals surface area contributed by atoms with Gasteiger partial charge in [-0.15, -0.1) is 0 Å². The molecular formula is C21H32N8O2. The number of likely N-dealkylation sites (N-methyl/N-ethyl adjacent to an activating group) is 1. The van der Waals surface area contributed by atoms with Crippen LogP contribution in [0.5, 0.6) is 0 Å². The summed E-state index contributed by atoms with van der Waals surface area (Å²) in [6, 6.07) is 5.97. The molecule has 0 bridgehead atoms. The van der Waals surface area contributed by atoms with Crippen molar-refractivity contribution in [1.29, 1.82) is 0 Å². The second-order valence-corrected chi connectivity index (χ2v) is 7.52. The van der Waals surface area contributed by atoms with Gasteiger partial charge < -0.3 is 20.3 Å². The molecule has 2 N–H and O–H groups in total. The summed E-state index contributed by atoms with van der Waals surface area (Å²) in [6.45, 7) is 4.54. The van der Waals surface area contributed by atoms with Crippen molar-refractivity contribution in [3.63, 3.8) is 0 Å². The molecule has 10 nitrogen and oxygen atoms in total. The number of ether oxygens (including phenoxy) is 1. The molecule has 31 heavy (non-hydrogen) atoms. The highest BCUT2D eigenvalue weighted by molar-refractivity contribution is 5.85. The number of aliphatic imine (C=N–C) groups is 1. The largest absolute Gasteiger partial charge is 0.377 e. The highest BCUT2D eigenvalue weighted by atomic mass is 16.5. The van der Waals surface area contributed by atoms with E-state index < -0.39 is 0 Å². The van der Waals surface area contributed by atoms with Crippen LogP contribution >= 0.6 is 0 Å². The van der Waals surface area contributed by atoms with Crippen LogP contribution in [0.2, 0.25) is 0 Å². The van der Waals surface area contributed by atoms with E-state index >= 15 is 0 Å². The molecule has 0 aliphatic carbocycles. The lowest BCUT2D eigenvalue weighted by Gasteiger charge is -2.25. The first-order valence-corrected chi connectivity index (χ1v) is 10.7. The molecule has 1 atom stereocenters. The summed E-state index contributed by atoms with van der Waals surface area (Å²) in [5.74, 6) is 2.30. The smallest absolute Gasteiger partial charge is 0.244 e. The number of hydrogen-bond donors (Lipinski definition) is 2. The summed E-state index contributed by atoms with van der Waals surface area (Å²) in [5.41, 5.74) is 0.971. The maximum Gasteiger partial charge on any atom is 0.244 e. The van der Waals surface area contributed by atoms with Gasteiger partial charge in [0.15, 0.2) is 11.8 Å². The molecule has 0 saturated carbocycles. The molecule has 1 amide bonds. The lowest BCUT2D eigenvalue weighted by Crippen LogP contribution is -2.47. The van der Waals surface area contributed by atoms with Gasteiger partial charge in [-0.25, -0.2) is 14.7 Å². The average Bonchev–Trinajstić information content (AvgIpc) is 3.18. The number of nitrogens with zero attached hydrogens (tertiary/aromatic N) is 6. The number of amides is 1. The van der Waals surface area contributed by atoms with Gasteiger partial charge in [0.05, 0.1) is 6.54 Å². The van der Waals surface area contributed by atoms with E-state index in [0.717, 1.165) is 37.3 Å². The van der Waals surface area contributed by atoms with Crippen molar-refractivity contribution in [1.82, 2.24) is 35.3 Å². The van der Waals surface area contributed by atoms with Gasteiger partial charge in [-0.1, -0.05) is 6.07 Å². The molecule has 3 rings (SSSR count). The number of methoxy groups -OCH3 is 1. The Morgan fingerprint density at radius 1 is 1.42 bits per heavy atom. The van der Waals surface area contributed by atoms with Crippen molar-refractivity contribution in [3.05, 3.63) is 41.7 Å².